The minimum atomic E-state index is 1.07. The average molecular weight is 234 g/mol. The van der Waals surface area contributed by atoms with Crippen LogP contribution in [0, 0.1) is 0 Å². The molecule has 0 amide bonds. The van der Waals surface area contributed by atoms with Gasteiger partial charge in [-0.3, -0.25) is 0 Å². The molecule has 3 rings (SSSR count). The van der Waals surface area contributed by atoms with Gasteiger partial charge < -0.3 is 0 Å². The molecule has 0 aliphatic rings. The molecule has 0 saturated heterocycles. The summed E-state index contributed by atoms with van der Waals surface area (Å²) in [5, 5.41) is 6.13. The first kappa shape index (κ1) is 12.4. The molecule has 90 valence electrons. The Morgan fingerprint density at radius 3 is 2.06 bits per heavy atom. The Morgan fingerprint density at radius 2 is 1.44 bits per heavy atom. The van der Waals surface area contributed by atoms with E-state index in [1.165, 1.54) is 21.5 Å². The van der Waals surface area contributed by atoms with E-state index in [-0.39, 0.29) is 0 Å². The van der Waals surface area contributed by atoms with Crippen LogP contribution in [0.25, 0.3) is 34.2 Å². The summed E-state index contributed by atoms with van der Waals surface area (Å²) in [5.41, 5.74) is 1.16. The molecule has 0 aliphatic carbocycles. The minimum absolute atomic E-state index is 1.07. The van der Waals surface area contributed by atoms with Gasteiger partial charge in [0.15, 0.2) is 0 Å². The van der Waals surface area contributed by atoms with E-state index in [1.807, 2.05) is 19.9 Å². The molecule has 0 heterocycles. The molecule has 3 aromatic rings. The SMILES string of the molecule is C=Cc1ccc2cccc3ccc(=C)c1c23.CC. The Hall–Kier alpha value is -2.08. The summed E-state index contributed by atoms with van der Waals surface area (Å²) in [4.78, 5) is 0. The number of benzene rings is 3. The molecule has 0 nitrogen and oxygen atoms in total. The first-order valence-electron chi connectivity index (χ1n) is 6.37. The van der Waals surface area contributed by atoms with Gasteiger partial charge in [0.1, 0.15) is 0 Å². The van der Waals surface area contributed by atoms with Crippen LogP contribution in [0.15, 0.2) is 49.0 Å². The molecule has 0 aromatic heterocycles. The molecule has 0 saturated carbocycles. The highest BCUT2D eigenvalue weighted by Crippen LogP contribution is 2.27. The topological polar surface area (TPSA) is 0 Å². The maximum Gasteiger partial charge on any atom is -0.00270 e. The molecule has 0 aliphatic heterocycles. The van der Waals surface area contributed by atoms with Gasteiger partial charge in [0.05, 0.1) is 0 Å². The zero-order valence-electron chi connectivity index (χ0n) is 11.0. The summed E-state index contributed by atoms with van der Waals surface area (Å²) in [5.74, 6) is 0. The molecule has 0 spiro atoms. The van der Waals surface area contributed by atoms with Crippen molar-refractivity contribution in [2.24, 2.45) is 0 Å². The molecule has 0 heteroatoms. The Morgan fingerprint density at radius 1 is 0.833 bits per heavy atom. The smallest absolute Gasteiger partial charge is 0.00270 e. The van der Waals surface area contributed by atoms with Crippen LogP contribution in [-0.2, 0) is 0 Å². The second-order valence-corrected chi connectivity index (χ2v) is 4.04. The van der Waals surface area contributed by atoms with Crippen molar-refractivity contribution in [3.8, 4) is 0 Å². The lowest BCUT2D eigenvalue weighted by atomic mass is 9.96. The lowest BCUT2D eigenvalue weighted by Crippen LogP contribution is -2.00. The number of rotatable bonds is 1. The fourth-order valence-corrected chi connectivity index (χ4v) is 2.35. The summed E-state index contributed by atoms with van der Waals surface area (Å²) < 4.78 is 0. The van der Waals surface area contributed by atoms with Crippen LogP contribution in [0.1, 0.15) is 19.4 Å². The number of hydrogen-bond acceptors (Lipinski definition) is 0. The van der Waals surface area contributed by atoms with Crippen LogP contribution in [0.3, 0.4) is 0 Å². The fraction of sp³-hybridized carbons (Fsp3) is 0.111. The van der Waals surface area contributed by atoms with Crippen LogP contribution in [0.4, 0.5) is 0 Å². The van der Waals surface area contributed by atoms with Crippen molar-refractivity contribution >= 4 is 34.2 Å². The van der Waals surface area contributed by atoms with Gasteiger partial charge in [-0.05, 0) is 32.3 Å². The predicted octanol–water partition coefficient (Wildman–Crippen LogP) is 4.79. The molecule has 0 atom stereocenters. The largest absolute Gasteiger partial charge is 0.0984 e. The predicted molar refractivity (Wildman–Crippen MR) is 83.6 cm³/mol. The third-order valence-electron chi connectivity index (χ3n) is 3.12. The first-order chi connectivity index (χ1) is 8.81. The third kappa shape index (κ3) is 1.80. The number of hydrogen-bond donors (Lipinski definition) is 0. The van der Waals surface area contributed by atoms with Gasteiger partial charge in [-0.25, -0.2) is 0 Å². The zero-order valence-corrected chi connectivity index (χ0v) is 11.0. The molecule has 0 fully saturated rings. The van der Waals surface area contributed by atoms with E-state index in [1.54, 1.807) is 0 Å². The standard InChI is InChI=1S/C16H12.C2H6/c1-3-12-9-10-14-6-4-5-13-8-7-11(2)15(12)16(13)14;1-2/h3-10H,1-2H2;1-2H3. The summed E-state index contributed by atoms with van der Waals surface area (Å²) >= 11 is 0. The van der Waals surface area contributed by atoms with Gasteiger partial charge in [0.2, 0.25) is 0 Å². The Labute approximate surface area is 108 Å². The minimum Gasteiger partial charge on any atom is -0.0984 e. The normalized spacial score (nSPS) is 10.1. The second-order valence-electron chi connectivity index (χ2n) is 4.04. The van der Waals surface area contributed by atoms with E-state index in [4.69, 9.17) is 0 Å². The summed E-state index contributed by atoms with van der Waals surface area (Å²) in [7, 11) is 0. The molecular formula is C18H18. The van der Waals surface area contributed by atoms with E-state index in [0.29, 0.717) is 0 Å². The van der Waals surface area contributed by atoms with E-state index in [9.17, 15) is 0 Å². The van der Waals surface area contributed by atoms with Crippen LogP contribution < -0.4 is 5.22 Å². The lowest BCUT2D eigenvalue weighted by molar-refractivity contribution is 1.50. The van der Waals surface area contributed by atoms with E-state index in [2.05, 4.69) is 55.6 Å². The lowest BCUT2D eigenvalue weighted by Gasteiger charge is -2.08. The van der Waals surface area contributed by atoms with Gasteiger partial charge >= 0.3 is 0 Å². The molecule has 0 radical (unpaired) electrons. The Balaban J connectivity index is 0.000000574. The summed E-state index contributed by atoms with van der Waals surface area (Å²) in [6.07, 6.45) is 1.90. The fourth-order valence-electron chi connectivity index (χ4n) is 2.35. The molecular weight excluding hydrogens is 216 g/mol. The molecule has 0 unspecified atom stereocenters. The highest BCUT2D eigenvalue weighted by Gasteiger charge is 2.04. The second kappa shape index (κ2) is 5.05. The van der Waals surface area contributed by atoms with Crippen molar-refractivity contribution < 1.29 is 0 Å². The van der Waals surface area contributed by atoms with Gasteiger partial charge in [-0.15, -0.1) is 0 Å². The molecule has 18 heavy (non-hydrogen) atoms. The quantitative estimate of drug-likeness (QED) is 0.568. The van der Waals surface area contributed by atoms with Crippen LogP contribution in [0.2, 0.25) is 0 Å². The highest BCUT2D eigenvalue weighted by molar-refractivity contribution is 6.12. The van der Waals surface area contributed by atoms with Crippen molar-refractivity contribution in [3.05, 3.63) is 59.8 Å². The van der Waals surface area contributed by atoms with Gasteiger partial charge in [-0.2, -0.15) is 0 Å². The van der Waals surface area contributed by atoms with E-state index >= 15 is 0 Å². The van der Waals surface area contributed by atoms with Gasteiger partial charge in [0.25, 0.3) is 0 Å². The maximum atomic E-state index is 4.11. The zero-order chi connectivity index (χ0) is 13.1. The van der Waals surface area contributed by atoms with Gasteiger partial charge in [-0.1, -0.05) is 75.5 Å². The van der Waals surface area contributed by atoms with Crippen molar-refractivity contribution in [1.82, 2.24) is 0 Å². The first-order valence-corrected chi connectivity index (χ1v) is 6.37. The van der Waals surface area contributed by atoms with Crippen molar-refractivity contribution in [2.75, 3.05) is 0 Å². The maximum absolute atomic E-state index is 4.11. The van der Waals surface area contributed by atoms with E-state index in [0.717, 1.165) is 10.8 Å². The van der Waals surface area contributed by atoms with Gasteiger partial charge in [0, 0.05) is 0 Å². The molecule has 0 bridgehead atoms. The van der Waals surface area contributed by atoms with Crippen molar-refractivity contribution in [3.63, 3.8) is 0 Å². The summed E-state index contributed by atoms with van der Waals surface area (Å²) in [6, 6.07) is 14.8. The van der Waals surface area contributed by atoms with E-state index < -0.39 is 0 Å². The Bertz CT molecular complexity index is 720. The van der Waals surface area contributed by atoms with Crippen molar-refractivity contribution in [2.45, 2.75) is 13.8 Å². The monoisotopic (exact) mass is 234 g/mol. The summed E-state index contributed by atoms with van der Waals surface area (Å²) in [6.45, 7) is 12.0. The van der Waals surface area contributed by atoms with Crippen molar-refractivity contribution in [1.29, 1.82) is 0 Å². The van der Waals surface area contributed by atoms with Crippen LogP contribution in [-0.4, -0.2) is 0 Å². The molecule has 0 N–H and O–H groups in total. The third-order valence-corrected chi connectivity index (χ3v) is 3.12. The molecule has 3 aromatic carbocycles. The Kier molecular flexibility index (Phi) is 3.47. The highest BCUT2D eigenvalue weighted by atomic mass is 14.1. The van der Waals surface area contributed by atoms with Crippen LogP contribution in [0.5, 0.6) is 0 Å². The van der Waals surface area contributed by atoms with Crippen LogP contribution >= 0.6 is 0 Å². The average Bonchev–Trinajstić information content (AvgIpc) is 2.45.